The molecular formula is C24H24N4. The lowest BCUT2D eigenvalue weighted by molar-refractivity contribution is 0.424. The fraction of sp³-hybridized carbons (Fsp3) is 0.250. The van der Waals surface area contributed by atoms with Crippen molar-refractivity contribution in [3.8, 4) is 0 Å². The standard InChI is InChI=1S/C24H24N4/c1-2-12-20(28-22-14-4-8-18-10-6-16-26-24(18)22)19(11-1)27-21-13-3-7-17-9-5-15-25-23(17)21/h3-10,13-16,19-20,27-28H,1-2,11-12H2. The molecule has 140 valence electrons. The van der Waals surface area contributed by atoms with Crippen LogP contribution >= 0.6 is 0 Å². The Labute approximate surface area is 165 Å². The second-order valence-electron chi connectivity index (χ2n) is 7.55. The third-order valence-corrected chi connectivity index (χ3v) is 5.71. The highest BCUT2D eigenvalue weighted by molar-refractivity contribution is 5.91. The zero-order chi connectivity index (χ0) is 18.8. The minimum absolute atomic E-state index is 0.361. The van der Waals surface area contributed by atoms with Crippen LogP contribution in [0.15, 0.2) is 73.1 Å². The van der Waals surface area contributed by atoms with Crippen molar-refractivity contribution in [2.24, 2.45) is 0 Å². The van der Waals surface area contributed by atoms with E-state index in [1.165, 1.54) is 23.6 Å². The topological polar surface area (TPSA) is 49.8 Å². The van der Waals surface area contributed by atoms with Gasteiger partial charge in [-0.25, -0.2) is 0 Å². The molecule has 2 unspecified atom stereocenters. The molecule has 2 heterocycles. The highest BCUT2D eigenvalue weighted by Crippen LogP contribution is 2.30. The van der Waals surface area contributed by atoms with Crippen molar-refractivity contribution < 1.29 is 0 Å². The molecule has 4 aromatic rings. The van der Waals surface area contributed by atoms with Crippen molar-refractivity contribution >= 4 is 33.2 Å². The maximum absolute atomic E-state index is 4.60. The summed E-state index contributed by atoms with van der Waals surface area (Å²) >= 11 is 0. The number of hydrogen-bond acceptors (Lipinski definition) is 4. The fourth-order valence-electron chi connectivity index (χ4n) is 4.32. The quantitative estimate of drug-likeness (QED) is 0.491. The van der Waals surface area contributed by atoms with Crippen LogP contribution in [0.5, 0.6) is 0 Å². The lowest BCUT2D eigenvalue weighted by Gasteiger charge is -2.34. The fourth-order valence-corrected chi connectivity index (χ4v) is 4.32. The van der Waals surface area contributed by atoms with Gasteiger partial charge in [0.2, 0.25) is 0 Å². The molecule has 1 aliphatic carbocycles. The van der Waals surface area contributed by atoms with Crippen LogP contribution in [-0.2, 0) is 0 Å². The van der Waals surface area contributed by atoms with Gasteiger partial charge in [0, 0.05) is 35.2 Å². The van der Waals surface area contributed by atoms with Gasteiger partial charge in [-0.15, -0.1) is 0 Å². The van der Waals surface area contributed by atoms with E-state index in [0.717, 1.165) is 35.2 Å². The summed E-state index contributed by atoms with van der Waals surface area (Å²) in [6.07, 6.45) is 8.54. The first-order valence-corrected chi connectivity index (χ1v) is 10.1. The Morgan fingerprint density at radius 1 is 0.607 bits per heavy atom. The number of para-hydroxylation sites is 2. The van der Waals surface area contributed by atoms with Gasteiger partial charge in [-0.3, -0.25) is 9.97 Å². The number of anilines is 2. The minimum atomic E-state index is 0.361. The van der Waals surface area contributed by atoms with Crippen LogP contribution in [0.25, 0.3) is 21.8 Å². The van der Waals surface area contributed by atoms with E-state index in [-0.39, 0.29) is 0 Å². The maximum Gasteiger partial charge on any atom is 0.0933 e. The second-order valence-corrected chi connectivity index (χ2v) is 7.55. The largest absolute Gasteiger partial charge is 0.378 e. The Hall–Kier alpha value is -3.14. The number of rotatable bonds is 4. The van der Waals surface area contributed by atoms with E-state index in [1.807, 2.05) is 24.5 Å². The van der Waals surface area contributed by atoms with Crippen molar-refractivity contribution in [3.05, 3.63) is 73.1 Å². The molecule has 5 rings (SSSR count). The van der Waals surface area contributed by atoms with Gasteiger partial charge in [0.15, 0.2) is 0 Å². The molecule has 4 nitrogen and oxygen atoms in total. The van der Waals surface area contributed by atoms with Gasteiger partial charge in [0.25, 0.3) is 0 Å². The van der Waals surface area contributed by atoms with Gasteiger partial charge in [0.05, 0.1) is 22.4 Å². The lowest BCUT2D eigenvalue weighted by atomic mass is 9.89. The van der Waals surface area contributed by atoms with Crippen LogP contribution < -0.4 is 10.6 Å². The predicted octanol–water partition coefficient (Wildman–Crippen LogP) is 5.62. The summed E-state index contributed by atoms with van der Waals surface area (Å²) in [5.74, 6) is 0. The molecule has 0 spiro atoms. The molecule has 2 aromatic carbocycles. The monoisotopic (exact) mass is 368 g/mol. The summed E-state index contributed by atoms with van der Waals surface area (Å²) < 4.78 is 0. The normalized spacial score (nSPS) is 19.6. The van der Waals surface area contributed by atoms with Crippen molar-refractivity contribution in [2.75, 3.05) is 10.6 Å². The zero-order valence-corrected chi connectivity index (χ0v) is 15.8. The smallest absolute Gasteiger partial charge is 0.0933 e. The molecule has 0 radical (unpaired) electrons. The van der Waals surface area contributed by atoms with E-state index < -0.39 is 0 Å². The average molecular weight is 368 g/mol. The summed E-state index contributed by atoms with van der Waals surface area (Å²) in [5.41, 5.74) is 4.32. The molecule has 1 aliphatic rings. The Balaban J connectivity index is 1.44. The van der Waals surface area contributed by atoms with Crippen LogP contribution in [0.2, 0.25) is 0 Å². The minimum Gasteiger partial charge on any atom is -0.378 e. The molecule has 0 aliphatic heterocycles. The number of nitrogens with zero attached hydrogens (tertiary/aromatic N) is 2. The van der Waals surface area contributed by atoms with Crippen molar-refractivity contribution in [1.29, 1.82) is 0 Å². The summed E-state index contributed by atoms with van der Waals surface area (Å²) in [4.78, 5) is 9.21. The van der Waals surface area contributed by atoms with Gasteiger partial charge in [-0.2, -0.15) is 0 Å². The molecule has 2 aromatic heterocycles. The van der Waals surface area contributed by atoms with Gasteiger partial charge in [0.1, 0.15) is 0 Å². The highest BCUT2D eigenvalue weighted by atomic mass is 15.0. The molecule has 0 amide bonds. The number of benzene rings is 2. The summed E-state index contributed by atoms with van der Waals surface area (Å²) in [7, 11) is 0. The molecule has 0 saturated heterocycles. The van der Waals surface area contributed by atoms with Gasteiger partial charge in [-0.05, 0) is 37.1 Å². The lowest BCUT2D eigenvalue weighted by Crippen LogP contribution is -2.41. The van der Waals surface area contributed by atoms with E-state index in [2.05, 4.69) is 69.1 Å². The molecule has 4 heteroatoms. The van der Waals surface area contributed by atoms with Crippen molar-refractivity contribution in [2.45, 2.75) is 37.8 Å². The van der Waals surface area contributed by atoms with Gasteiger partial charge < -0.3 is 10.6 Å². The van der Waals surface area contributed by atoms with E-state index in [0.29, 0.717) is 12.1 Å². The number of hydrogen-bond donors (Lipinski definition) is 2. The molecule has 2 N–H and O–H groups in total. The first-order valence-electron chi connectivity index (χ1n) is 10.1. The molecule has 2 atom stereocenters. The van der Waals surface area contributed by atoms with Crippen molar-refractivity contribution in [1.82, 2.24) is 9.97 Å². The van der Waals surface area contributed by atoms with Crippen molar-refractivity contribution in [3.63, 3.8) is 0 Å². The molecular weight excluding hydrogens is 344 g/mol. The van der Waals surface area contributed by atoms with E-state index in [9.17, 15) is 0 Å². The highest BCUT2D eigenvalue weighted by Gasteiger charge is 2.26. The number of aromatic nitrogens is 2. The summed E-state index contributed by atoms with van der Waals surface area (Å²) in [6.45, 7) is 0. The van der Waals surface area contributed by atoms with Crippen LogP contribution in [0.1, 0.15) is 25.7 Å². The first kappa shape index (κ1) is 17.0. The van der Waals surface area contributed by atoms with Crippen LogP contribution in [-0.4, -0.2) is 22.1 Å². The number of fused-ring (bicyclic) bond motifs is 2. The molecule has 0 bridgehead atoms. The second kappa shape index (κ2) is 7.47. The van der Waals surface area contributed by atoms with Crippen LogP contribution in [0.4, 0.5) is 11.4 Å². The van der Waals surface area contributed by atoms with Crippen LogP contribution in [0.3, 0.4) is 0 Å². The Morgan fingerprint density at radius 2 is 1.07 bits per heavy atom. The summed E-state index contributed by atoms with van der Waals surface area (Å²) in [5, 5.41) is 9.94. The van der Waals surface area contributed by atoms with Crippen LogP contribution in [0, 0.1) is 0 Å². The predicted molar refractivity (Wildman–Crippen MR) is 117 cm³/mol. The van der Waals surface area contributed by atoms with E-state index >= 15 is 0 Å². The van der Waals surface area contributed by atoms with Gasteiger partial charge >= 0.3 is 0 Å². The Kier molecular flexibility index (Phi) is 4.53. The maximum atomic E-state index is 4.60. The zero-order valence-electron chi connectivity index (χ0n) is 15.8. The average Bonchev–Trinajstić information content (AvgIpc) is 2.76. The van der Waals surface area contributed by atoms with E-state index in [4.69, 9.17) is 0 Å². The third kappa shape index (κ3) is 3.26. The molecule has 28 heavy (non-hydrogen) atoms. The Morgan fingerprint density at radius 3 is 1.57 bits per heavy atom. The molecule has 1 fully saturated rings. The number of nitrogens with one attached hydrogen (secondary N) is 2. The summed E-state index contributed by atoms with van der Waals surface area (Å²) in [6, 6.07) is 21.7. The Bertz CT molecular complexity index is 1010. The number of pyridine rings is 2. The third-order valence-electron chi connectivity index (χ3n) is 5.71. The SMILES string of the molecule is c1cnc2c(NC3CCCCC3Nc3cccc4cccnc34)cccc2c1. The first-order chi connectivity index (χ1) is 13.9. The molecule has 1 saturated carbocycles. The van der Waals surface area contributed by atoms with Gasteiger partial charge in [-0.1, -0.05) is 49.2 Å². The van der Waals surface area contributed by atoms with E-state index in [1.54, 1.807) is 0 Å².